The third-order valence-corrected chi connectivity index (χ3v) is 8.90. The summed E-state index contributed by atoms with van der Waals surface area (Å²) in [7, 11) is 0. The number of benzene rings is 1. The molecular weight excluding hydrogens is 486 g/mol. The van der Waals surface area contributed by atoms with Crippen LogP contribution in [0.2, 0.25) is 0 Å². The normalized spacial score (nSPS) is 13.0. The van der Waals surface area contributed by atoms with Gasteiger partial charge in [-0.15, -0.1) is 22.7 Å². The van der Waals surface area contributed by atoms with Gasteiger partial charge in [-0.05, 0) is 49.8 Å². The van der Waals surface area contributed by atoms with Crippen molar-refractivity contribution in [3.63, 3.8) is 0 Å². The minimum Gasteiger partial charge on any atom is -0.462 e. The molecule has 5 rings (SSSR count). The number of hydrogen-bond acceptors (Lipinski definition) is 8. The Morgan fingerprint density at radius 1 is 1.12 bits per heavy atom. The maximum Gasteiger partial charge on any atom is 0.341 e. The Hall–Kier alpha value is -2.75. The van der Waals surface area contributed by atoms with Gasteiger partial charge in [-0.1, -0.05) is 42.1 Å². The van der Waals surface area contributed by atoms with Crippen LogP contribution in [0.3, 0.4) is 0 Å². The summed E-state index contributed by atoms with van der Waals surface area (Å²) in [4.78, 5) is 37.5. The molecule has 1 aromatic carbocycles. The number of hydrogen-bond donors (Lipinski definition) is 1. The van der Waals surface area contributed by atoms with Crippen molar-refractivity contribution in [2.75, 3.05) is 17.7 Å². The molecule has 1 amide bonds. The Morgan fingerprint density at radius 3 is 2.76 bits per heavy atom. The van der Waals surface area contributed by atoms with E-state index in [4.69, 9.17) is 4.74 Å². The van der Waals surface area contributed by atoms with E-state index >= 15 is 0 Å². The van der Waals surface area contributed by atoms with E-state index in [1.807, 2.05) is 18.2 Å². The molecule has 0 saturated heterocycles. The zero-order valence-electron chi connectivity index (χ0n) is 18.6. The van der Waals surface area contributed by atoms with Gasteiger partial charge >= 0.3 is 5.97 Å². The van der Waals surface area contributed by atoms with Crippen LogP contribution in [0.5, 0.6) is 0 Å². The number of anilines is 1. The average Bonchev–Trinajstić information content (AvgIpc) is 3.45. The van der Waals surface area contributed by atoms with Crippen molar-refractivity contribution in [2.45, 2.75) is 37.6 Å². The molecule has 0 atom stereocenters. The first-order chi connectivity index (χ1) is 16.6. The summed E-state index contributed by atoms with van der Waals surface area (Å²) in [6, 6.07) is 12.2. The number of esters is 1. The fraction of sp³-hybridized carbons (Fsp3) is 0.280. The van der Waals surface area contributed by atoms with Gasteiger partial charge < -0.3 is 10.1 Å². The number of ether oxygens (including phenoxy) is 1. The number of aromatic nitrogens is 2. The molecule has 0 saturated carbocycles. The molecular formula is C25H23N3O3S3. The smallest absolute Gasteiger partial charge is 0.341 e. The molecule has 3 heterocycles. The fourth-order valence-electron chi connectivity index (χ4n) is 4.06. The number of nitrogens with one attached hydrogen (secondary N) is 1. The predicted octanol–water partition coefficient (Wildman–Crippen LogP) is 6.21. The lowest BCUT2D eigenvalue weighted by molar-refractivity contribution is -0.113. The highest BCUT2D eigenvalue weighted by atomic mass is 32.2. The summed E-state index contributed by atoms with van der Waals surface area (Å²) in [5.41, 5.74) is 2.71. The van der Waals surface area contributed by atoms with Crippen LogP contribution in [0.25, 0.3) is 20.7 Å². The number of amides is 1. The molecule has 0 aliphatic heterocycles. The van der Waals surface area contributed by atoms with Crippen molar-refractivity contribution in [3.05, 3.63) is 58.7 Å². The molecule has 0 fully saturated rings. The Morgan fingerprint density at radius 2 is 1.94 bits per heavy atom. The van der Waals surface area contributed by atoms with Gasteiger partial charge in [0.1, 0.15) is 21.2 Å². The SMILES string of the molecule is CCOC(=O)c1c(NC(=O)CSc2ncnc3sc(-c4ccccc4)cc23)sc2c1CCCC2. The largest absolute Gasteiger partial charge is 0.462 e. The van der Waals surface area contributed by atoms with E-state index in [0.717, 1.165) is 56.9 Å². The fourth-order valence-corrected chi connectivity index (χ4v) is 7.20. The molecule has 4 aromatic rings. The second kappa shape index (κ2) is 10.2. The van der Waals surface area contributed by atoms with Gasteiger partial charge in [0.2, 0.25) is 5.91 Å². The van der Waals surface area contributed by atoms with Crippen LogP contribution >= 0.6 is 34.4 Å². The lowest BCUT2D eigenvalue weighted by Gasteiger charge is -2.12. The zero-order chi connectivity index (χ0) is 23.5. The van der Waals surface area contributed by atoms with Gasteiger partial charge in [-0.25, -0.2) is 14.8 Å². The van der Waals surface area contributed by atoms with Gasteiger partial charge in [0.15, 0.2) is 0 Å². The Labute approximate surface area is 209 Å². The standard InChI is InChI=1S/C25H23N3O3S3/c1-2-31-25(30)21-16-10-6-7-11-18(16)33-24(21)28-20(29)13-32-22-17-12-19(15-8-4-3-5-9-15)34-23(17)27-14-26-22/h3-5,8-9,12,14H,2,6-7,10-11,13H2,1H3,(H,28,29). The molecule has 3 aromatic heterocycles. The van der Waals surface area contributed by atoms with Crippen LogP contribution in [0.15, 0.2) is 47.8 Å². The highest BCUT2D eigenvalue weighted by molar-refractivity contribution is 8.00. The third kappa shape index (κ3) is 4.73. The predicted molar refractivity (Wildman–Crippen MR) is 139 cm³/mol. The summed E-state index contributed by atoms with van der Waals surface area (Å²) in [5, 5.41) is 5.30. The summed E-state index contributed by atoms with van der Waals surface area (Å²) < 4.78 is 5.29. The molecule has 6 nitrogen and oxygen atoms in total. The van der Waals surface area contributed by atoms with Crippen molar-refractivity contribution in [1.29, 1.82) is 0 Å². The van der Waals surface area contributed by atoms with E-state index in [2.05, 4.69) is 33.5 Å². The van der Waals surface area contributed by atoms with Crippen molar-refractivity contribution in [3.8, 4) is 10.4 Å². The van der Waals surface area contributed by atoms with Crippen molar-refractivity contribution < 1.29 is 14.3 Å². The zero-order valence-corrected chi connectivity index (χ0v) is 21.1. The Bertz CT molecular complexity index is 1350. The average molecular weight is 510 g/mol. The quantitative estimate of drug-likeness (QED) is 0.181. The third-order valence-electron chi connectivity index (χ3n) is 5.59. The number of nitrogens with zero attached hydrogens (tertiary/aromatic N) is 2. The maximum atomic E-state index is 12.9. The van der Waals surface area contributed by atoms with Crippen LogP contribution in [0.4, 0.5) is 5.00 Å². The second-order valence-electron chi connectivity index (χ2n) is 7.85. The number of fused-ring (bicyclic) bond motifs is 2. The number of thiophene rings is 2. The Balaban J connectivity index is 1.33. The summed E-state index contributed by atoms with van der Waals surface area (Å²) in [5.74, 6) is -0.332. The minimum absolute atomic E-state index is 0.167. The van der Waals surface area contributed by atoms with E-state index < -0.39 is 0 Å². The molecule has 1 aliphatic rings. The van der Waals surface area contributed by atoms with Gasteiger partial charge in [0.25, 0.3) is 0 Å². The first kappa shape index (κ1) is 23.0. The summed E-state index contributed by atoms with van der Waals surface area (Å²) in [6.45, 7) is 2.10. The number of carbonyl (C=O) groups excluding carboxylic acids is 2. The highest BCUT2D eigenvalue weighted by Crippen LogP contribution is 2.39. The molecule has 34 heavy (non-hydrogen) atoms. The van der Waals surface area contributed by atoms with Crippen molar-refractivity contribution >= 4 is 61.5 Å². The van der Waals surface area contributed by atoms with Gasteiger partial charge in [0.05, 0.1) is 17.9 Å². The molecule has 1 aliphatic carbocycles. The van der Waals surface area contributed by atoms with E-state index in [9.17, 15) is 9.59 Å². The van der Waals surface area contributed by atoms with Gasteiger partial charge in [0, 0.05) is 15.1 Å². The van der Waals surface area contributed by atoms with Crippen LogP contribution in [-0.2, 0) is 22.4 Å². The van der Waals surface area contributed by atoms with Gasteiger partial charge in [-0.2, -0.15) is 0 Å². The van der Waals surface area contributed by atoms with E-state index in [0.29, 0.717) is 17.2 Å². The Kier molecular flexibility index (Phi) is 6.94. The lowest BCUT2D eigenvalue weighted by atomic mass is 9.95. The van der Waals surface area contributed by atoms with E-state index in [-0.39, 0.29) is 17.6 Å². The highest BCUT2D eigenvalue weighted by Gasteiger charge is 2.27. The molecule has 9 heteroatoms. The van der Waals surface area contributed by atoms with Crippen LogP contribution in [0.1, 0.15) is 40.6 Å². The molecule has 174 valence electrons. The summed E-state index contributed by atoms with van der Waals surface area (Å²) in [6.07, 6.45) is 5.49. The number of thioether (sulfide) groups is 1. The molecule has 0 spiro atoms. The summed E-state index contributed by atoms with van der Waals surface area (Å²) >= 11 is 4.49. The van der Waals surface area contributed by atoms with E-state index in [1.54, 1.807) is 24.6 Å². The van der Waals surface area contributed by atoms with Crippen LogP contribution in [0, 0.1) is 0 Å². The number of rotatable bonds is 7. The molecule has 0 radical (unpaired) electrons. The second-order valence-corrected chi connectivity index (χ2v) is 10.9. The van der Waals surface area contributed by atoms with Crippen molar-refractivity contribution in [2.24, 2.45) is 0 Å². The number of aryl methyl sites for hydroxylation is 1. The topological polar surface area (TPSA) is 81.2 Å². The maximum absolute atomic E-state index is 12.9. The first-order valence-corrected chi connectivity index (χ1v) is 13.8. The number of carbonyl (C=O) groups is 2. The van der Waals surface area contributed by atoms with E-state index in [1.165, 1.54) is 28.0 Å². The van der Waals surface area contributed by atoms with Crippen LogP contribution < -0.4 is 5.32 Å². The van der Waals surface area contributed by atoms with Gasteiger partial charge in [-0.3, -0.25) is 4.79 Å². The molecule has 0 unspecified atom stereocenters. The van der Waals surface area contributed by atoms with Crippen LogP contribution in [-0.4, -0.2) is 34.2 Å². The molecule has 1 N–H and O–H groups in total. The van der Waals surface area contributed by atoms with Crippen molar-refractivity contribution in [1.82, 2.24) is 9.97 Å². The first-order valence-electron chi connectivity index (χ1n) is 11.2. The lowest BCUT2D eigenvalue weighted by Crippen LogP contribution is -2.17. The monoisotopic (exact) mass is 509 g/mol. The molecule has 0 bridgehead atoms. The minimum atomic E-state index is -0.353.